The molecule has 2 aliphatic heterocycles. The fraction of sp³-hybridized carbons (Fsp3) is 0.516. The molecule has 1 saturated heterocycles. The number of pyridine rings is 1. The van der Waals surface area contributed by atoms with E-state index in [1.165, 1.54) is 34.4 Å². The fourth-order valence-corrected chi connectivity index (χ4v) is 16.1. The van der Waals surface area contributed by atoms with Crippen molar-refractivity contribution in [1.82, 2.24) is 24.6 Å². The zero-order valence-electron chi connectivity index (χ0n) is 50.5. The smallest absolute Gasteiger partial charge is 0.410 e. The zero-order chi connectivity index (χ0) is 63.7. The Morgan fingerprint density at radius 1 is 0.878 bits per heavy atom. The van der Waals surface area contributed by atoms with Gasteiger partial charge in [-0.1, -0.05) is 49.4 Å². The Labute approximate surface area is 523 Å². The van der Waals surface area contributed by atoms with E-state index < -0.39 is 67.0 Å². The zero-order valence-corrected chi connectivity index (χ0v) is 51.3. The van der Waals surface area contributed by atoms with Crippen LogP contribution in [0.3, 0.4) is 0 Å². The van der Waals surface area contributed by atoms with E-state index >= 15 is 0 Å². The van der Waals surface area contributed by atoms with Gasteiger partial charge in [-0.2, -0.15) is 5.10 Å². The van der Waals surface area contributed by atoms with Crippen molar-refractivity contribution < 1.29 is 83.3 Å². The maximum atomic E-state index is 14.1. The number of ether oxygens (including phenoxy) is 6. The van der Waals surface area contributed by atoms with Crippen LogP contribution in [-0.2, 0) is 49.9 Å². The molecule has 4 bridgehead atoms. The molecular formula is C64H78N8O17S. The van der Waals surface area contributed by atoms with Crippen LogP contribution in [0.15, 0.2) is 79.0 Å². The predicted molar refractivity (Wildman–Crippen MR) is 327 cm³/mol. The Morgan fingerprint density at radius 3 is 2.41 bits per heavy atom. The molecule has 5 fully saturated rings. The molecule has 3 aromatic heterocycles. The van der Waals surface area contributed by atoms with E-state index in [4.69, 9.17) is 44.2 Å². The number of carbonyl (C=O) groups excluding carboxylic acids is 2. The first-order chi connectivity index (χ1) is 43.1. The van der Waals surface area contributed by atoms with E-state index in [1.54, 1.807) is 18.3 Å². The van der Waals surface area contributed by atoms with Gasteiger partial charge in [-0.15, -0.1) is 0 Å². The van der Waals surface area contributed by atoms with Crippen molar-refractivity contribution >= 4 is 56.4 Å². The standard InChI is InChI=1S/C64H78N8O17S/c1-37-44(42-13-14-49(68-50(42)56(79)80)71-18-15-38-7-6-8-43(45(38)27-71)55(78)69-59-67-46-9-4-5-10-48(46)90-59)26-66-72(37)36-63-31-61(2)30-62(3,32-63)34-64(33-61,35-63)87-22-20-70(19-16-40(74)28-73)60(83)86-29-39-11-12-41(25-47(39)85-24-23-84-21-17-65)88-58-53(77)51(75)52(76)54(89-58)57(81)82/h4-14,25-26,40,51-54,58,73-77H,15-24,27-36,65H2,1-3H3,(H,79,80)(H,81,82)(H,67,69,78)/t40?,51-,52-,53+,54-,58+,61?,62?,63?,64?/m0/s1. The minimum absolute atomic E-state index is 0.0205. The minimum atomic E-state index is -1.92. The number of benzene rings is 3. The number of aliphatic hydroxyl groups is 5. The molecule has 90 heavy (non-hydrogen) atoms. The molecule has 0 spiro atoms. The van der Waals surface area contributed by atoms with Crippen LogP contribution in [0.4, 0.5) is 15.7 Å². The Bertz CT molecular complexity index is 3570. The molecule has 6 aromatic rings. The number of rotatable bonds is 26. The van der Waals surface area contributed by atoms with E-state index in [-0.39, 0.29) is 98.4 Å². The van der Waals surface area contributed by atoms with Gasteiger partial charge in [0.1, 0.15) is 48.8 Å². The Balaban J connectivity index is 0.762. The third kappa shape index (κ3) is 13.8. The number of para-hydroxylation sites is 1. The first kappa shape index (κ1) is 64.2. The van der Waals surface area contributed by atoms with E-state index in [0.717, 1.165) is 65.6 Å². The van der Waals surface area contributed by atoms with Gasteiger partial charge in [0.2, 0.25) is 6.29 Å². The molecule has 6 aliphatic rings. The van der Waals surface area contributed by atoms with Gasteiger partial charge in [-0.3, -0.25) is 14.8 Å². The van der Waals surface area contributed by atoms with E-state index in [2.05, 4.69) is 24.1 Å². The van der Waals surface area contributed by atoms with Crippen LogP contribution in [0.1, 0.15) is 102 Å². The monoisotopic (exact) mass is 1260 g/mol. The fourth-order valence-electron chi connectivity index (χ4n) is 15.3. The van der Waals surface area contributed by atoms with Crippen molar-refractivity contribution in [3.63, 3.8) is 0 Å². The lowest BCUT2D eigenvalue weighted by Gasteiger charge is -2.69. The number of anilines is 2. The lowest BCUT2D eigenvalue weighted by Crippen LogP contribution is -2.64. The van der Waals surface area contributed by atoms with Gasteiger partial charge in [0.25, 0.3) is 5.91 Å². The van der Waals surface area contributed by atoms with E-state index in [1.807, 2.05) is 59.0 Å². The predicted octanol–water partition coefficient (Wildman–Crippen LogP) is 5.52. The third-order valence-electron chi connectivity index (χ3n) is 18.1. The summed E-state index contributed by atoms with van der Waals surface area (Å²) in [4.78, 5) is 65.6. The van der Waals surface area contributed by atoms with Crippen LogP contribution in [0.5, 0.6) is 11.5 Å². The topological polar surface area (TPSA) is 353 Å². The van der Waals surface area contributed by atoms with Gasteiger partial charge in [0.05, 0.1) is 54.5 Å². The van der Waals surface area contributed by atoms with Crippen molar-refractivity contribution in [2.24, 2.45) is 22.0 Å². The number of nitrogens with two attached hydrogens (primary N) is 1. The number of nitrogens with zero attached hydrogens (tertiary/aromatic N) is 6. The number of thiazole rings is 1. The minimum Gasteiger partial charge on any atom is -0.491 e. The highest BCUT2D eigenvalue weighted by Gasteiger charge is 2.66. The van der Waals surface area contributed by atoms with Crippen LogP contribution in [-0.4, -0.2) is 186 Å². The van der Waals surface area contributed by atoms with Crippen molar-refractivity contribution in [2.75, 3.05) is 69.4 Å². The van der Waals surface area contributed by atoms with Crippen LogP contribution in [0, 0.1) is 23.2 Å². The maximum absolute atomic E-state index is 14.1. The molecule has 12 rings (SSSR count). The second-order valence-corrected chi connectivity index (χ2v) is 26.5. The molecule has 0 radical (unpaired) electrons. The molecule has 3 unspecified atom stereocenters. The molecule has 4 aliphatic carbocycles. The van der Waals surface area contributed by atoms with Crippen molar-refractivity contribution in [3.8, 4) is 22.6 Å². The number of hydrogen-bond donors (Lipinski definition) is 9. The van der Waals surface area contributed by atoms with Crippen molar-refractivity contribution in [3.05, 3.63) is 113 Å². The summed E-state index contributed by atoms with van der Waals surface area (Å²) in [6.07, 6.45) is -3.45. The molecule has 5 heterocycles. The van der Waals surface area contributed by atoms with Gasteiger partial charge >= 0.3 is 18.0 Å². The second kappa shape index (κ2) is 26.5. The number of carbonyl (C=O) groups is 4. The van der Waals surface area contributed by atoms with Crippen LogP contribution in [0.2, 0.25) is 0 Å². The number of aromatic nitrogens is 4. The van der Waals surface area contributed by atoms with Crippen LogP contribution >= 0.6 is 11.3 Å². The lowest BCUT2D eigenvalue weighted by atomic mass is 9.39. The Hall–Kier alpha value is -7.37. The summed E-state index contributed by atoms with van der Waals surface area (Å²) in [6, 6.07) is 21.4. The maximum Gasteiger partial charge on any atom is 0.410 e. The number of hydrogen-bond acceptors (Lipinski definition) is 21. The summed E-state index contributed by atoms with van der Waals surface area (Å²) in [5.41, 5.74) is 10.0. The number of aliphatic hydroxyl groups excluding tert-OH is 5. The normalized spacial score (nSPS) is 26.2. The highest BCUT2D eigenvalue weighted by atomic mass is 32.1. The largest absolute Gasteiger partial charge is 0.491 e. The molecule has 3 aromatic carbocycles. The molecule has 25 nitrogen and oxygen atoms in total. The number of aliphatic carboxylic acids is 1. The van der Waals surface area contributed by atoms with Gasteiger partial charge in [0, 0.05) is 73.3 Å². The quantitative estimate of drug-likeness (QED) is 0.0302. The van der Waals surface area contributed by atoms with Crippen molar-refractivity contribution in [1.29, 1.82) is 0 Å². The number of fused-ring (bicyclic) bond motifs is 2. The van der Waals surface area contributed by atoms with Gasteiger partial charge in [-0.05, 0) is 128 Å². The number of amides is 2. The first-order valence-electron chi connectivity index (χ1n) is 30.4. The molecule has 4 saturated carbocycles. The SMILES string of the molecule is Cc1c(-c2ccc(N3CCc4cccc(C(=O)Nc5nc6ccccc6s5)c4C3)nc2C(=O)O)cnn1CC12CC3(C)CC(C)(C1)CC(OCCN(CCC(O)CO)C(=O)OCc1ccc(O[C@@H]4O[C@H](C(=O)O)[C@@H](O)[C@H](O)[C@H]4O)cc1OCCOCCN)(C3)C2. The van der Waals surface area contributed by atoms with Gasteiger partial charge < -0.3 is 79.7 Å². The average Bonchev–Trinajstić information content (AvgIpc) is 0.744. The summed E-state index contributed by atoms with van der Waals surface area (Å²) in [5, 5.41) is 80.0. The summed E-state index contributed by atoms with van der Waals surface area (Å²) in [5.74, 6) is -2.36. The molecule has 2 amide bonds. The highest BCUT2D eigenvalue weighted by molar-refractivity contribution is 7.22. The lowest BCUT2D eigenvalue weighted by molar-refractivity contribution is -0.271. The number of nitrogens with one attached hydrogen (secondary N) is 1. The van der Waals surface area contributed by atoms with Gasteiger partial charge in [-0.25, -0.2) is 24.4 Å². The molecule has 26 heteroatoms. The average molecular weight is 1260 g/mol. The second-order valence-electron chi connectivity index (χ2n) is 25.5. The van der Waals surface area contributed by atoms with Gasteiger partial charge in [0.15, 0.2) is 16.9 Å². The summed E-state index contributed by atoms with van der Waals surface area (Å²) >= 11 is 1.41. The van der Waals surface area contributed by atoms with Crippen LogP contribution < -0.4 is 25.4 Å². The molecule has 8 atom stereocenters. The summed E-state index contributed by atoms with van der Waals surface area (Å²) < 4.78 is 38.4. The van der Waals surface area contributed by atoms with E-state index in [9.17, 15) is 54.9 Å². The summed E-state index contributed by atoms with van der Waals surface area (Å²) in [6.45, 7) is 8.24. The van der Waals surface area contributed by atoms with Crippen LogP contribution in [0.25, 0.3) is 21.3 Å². The number of aromatic carboxylic acids is 1. The molecule has 482 valence electrons. The number of carboxylic acids is 2. The van der Waals surface area contributed by atoms with Crippen molar-refractivity contribution in [2.45, 2.75) is 134 Å². The molecule has 10 N–H and O–H groups in total. The Morgan fingerprint density at radius 2 is 1.67 bits per heavy atom. The first-order valence-corrected chi connectivity index (χ1v) is 31.2. The highest BCUT2D eigenvalue weighted by Crippen LogP contribution is 2.72. The third-order valence-corrected chi connectivity index (χ3v) is 19.1. The Kier molecular flexibility index (Phi) is 18.9. The molecular weight excluding hydrogens is 1180 g/mol. The number of carboxylic acid groups (broad SMARTS) is 2. The summed E-state index contributed by atoms with van der Waals surface area (Å²) in [7, 11) is 0. The van der Waals surface area contributed by atoms with E-state index in [0.29, 0.717) is 59.3 Å².